The van der Waals surface area contributed by atoms with Crippen LogP contribution in [0.15, 0.2) is 53.3 Å². The molecule has 0 unspecified atom stereocenters. The van der Waals surface area contributed by atoms with Gasteiger partial charge in [-0.05, 0) is 61.0 Å². The summed E-state index contributed by atoms with van der Waals surface area (Å²) < 4.78 is 0. The van der Waals surface area contributed by atoms with Crippen molar-refractivity contribution in [2.75, 3.05) is 0 Å². The second kappa shape index (κ2) is 8.42. The average Bonchev–Trinajstić information content (AvgIpc) is 2.72. The number of fused-ring (bicyclic) bond motifs is 1. The van der Waals surface area contributed by atoms with E-state index in [1.165, 1.54) is 6.42 Å². The molecule has 0 saturated heterocycles. The van der Waals surface area contributed by atoms with Gasteiger partial charge in [0.05, 0.1) is 6.54 Å². The lowest BCUT2D eigenvalue weighted by Crippen LogP contribution is -2.42. The number of hydrogen-bond acceptors (Lipinski definition) is 2. The van der Waals surface area contributed by atoms with Gasteiger partial charge in [-0.2, -0.15) is 0 Å². The van der Waals surface area contributed by atoms with Gasteiger partial charge in [0.15, 0.2) is 0 Å². The van der Waals surface area contributed by atoms with Crippen molar-refractivity contribution < 1.29 is 4.79 Å². The number of rotatable bonds is 4. The lowest BCUT2D eigenvalue weighted by molar-refractivity contribution is 0.0613. The Morgan fingerprint density at radius 1 is 1.10 bits per heavy atom. The molecule has 4 rings (SSSR count). The molecule has 29 heavy (non-hydrogen) atoms. The van der Waals surface area contributed by atoms with Crippen LogP contribution in [0.4, 0.5) is 0 Å². The van der Waals surface area contributed by atoms with E-state index in [4.69, 9.17) is 11.6 Å². The normalized spacial score (nSPS) is 14.8. The number of hydrogen-bond donors (Lipinski definition) is 1. The fraction of sp³-hybridized carbons (Fsp3) is 0.333. The van der Waals surface area contributed by atoms with Crippen molar-refractivity contribution in [2.45, 2.75) is 51.6 Å². The lowest BCUT2D eigenvalue weighted by Gasteiger charge is -2.34. The van der Waals surface area contributed by atoms with E-state index in [1.54, 1.807) is 24.3 Å². The van der Waals surface area contributed by atoms with E-state index >= 15 is 0 Å². The number of H-pyrrole nitrogens is 1. The van der Waals surface area contributed by atoms with Crippen LogP contribution in [0.5, 0.6) is 0 Å². The molecule has 3 aromatic rings. The second-order valence-corrected chi connectivity index (χ2v) is 8.39. The molecule has 1 aliphatic rings. The zero-order valence-corrected chi connectivity index (χ0v) is 17.3. The Labute approximate surface area is 175 Å². The van der Waals surface area contributed by atoms with Crippen molar-refractivity contribution in [3.8, 4) is 0 Å². The first-order chi connectivity index (χ1) is 14.0. The molecule has 2 aromatic carbocycles. The molecule has 0 spiro atoms. The third-order valence-corrected chi connectivity index (χ3v) is 6.00. The highest BCUT2D eigenvalue weighted by atomic mass is 35.5. The molecule has 0 aliphatic heterocycles. The first kappa shape index (κ1) is 19.7. The average molecular weight is 409 g/mol. The smallest absolute Gasteiger partial charge is 0.254 e. The van der Waals surface area contributed by atoms with E-state index in [9.17, 15) is 9.59 Å². The molecule has 0 atom stereocenters. The molecule has 1 aromatic heterocycles. The Hall–Kier alpha value is -2.59. The van der Waals surface area contributed by atoms with E-state index in [-0.39, 0.29) is 17.5 Å². The number of aromatic nitrogens is 1. The minimum absolute atomic E-state index is 0.0668. The summed E-state index contributed by atoms with van der Waals surface area (Å²) in [4.78, 5) is 31.0. The van der Waals surface area contributed by atoms with Gasteiger partial charge in [-0.15, -0.1) is 0 Å². The zero-order chi connectivity index (χ0) is 20.4. The van der Waals surface area contributed by atoms with Gasteiger partial charge in [0.2, 0.25) is 0 Å². The van der Waals surface area contributed by atoms with Crippen molar-refractivity contribution in [1.82, 2.24) is 9.88 Å². The Morgan fingerprint density at radius 2 is 1.90 bits per heavy atom. The number of nitrogens with zero attached hydrogens (tertiary/aromatic N) is 1. The minimum Gasteiger partial charge on any atom is -0.331 e. The molecule has 1 heterocycles. The number of benzene rings is 2. The molecule has 5 heteroatoms. The number of amides is 1. The number of carbonyl (C=O) groups is 1. The molecule has 1 N–H and O–H groups in total. The number of pyridine rings is 1. The Morgan fingerprint density at radius 3 is 2.66 bits per heavy atom. The van der Waals surface area contributed by atoms with Crippen molar-refractivity contribution >= 4 is 28.4 Å². The summed E-state index contributed by atoms with van der Waals surface area (Å²) in [6.45, 7) is 2.30. The molecule has 1 fully saturated rings. The number of aryl methyl sites for hydroxylation is 1. The third kappa shape index (κ3) is 4.38. The maximum Gasteiger partial charge on any atom is 0.254 e. The standard InChI is InChI=1S/C24H25ClN2O2/c1-16-10-11-17-13-19(23(28)26-22(17)12-16)15-27(21-8-3-2-4-9-21)24(29)18-6-5-7-20(25)14-18/h5-7,10-14,21H,2-4,8-9,15H2,1H3,(H,26,28). The quantitative estimate of drug-likeness (QED) is 0.622. The van der Waals surface area contributed by atoms with Gasteiger partial charge in [-0.25, -0.2) is 0 Å². The molecule has 4 nitrogen and oxygen atoms in total. The van der Waals surface area contributed by atoms with Gasteiger partial charge in [0.25, 0.3) is 11.5 Å². The fourth-order valence-electron chi connectivity index (χ4n) is 4.21. The predicted molar refractivity (Wildman–Crippen MR) is 118 cm³/mol. The lowest BCUT2D eigenvalue weighted by atomic mass is 9.93. The maximum absolute atomic E-state index is 13.4. The monoisotopic (exact) mass is 408 g/mol. The molecular formula is C24H25ClN2O2. The fourth-order valence-corrected chi connectivity index (χ4v) is 4.40. The number of halogens is 1. The maximum atomic E-state index is 13.4. The van der Waals surface area contributed by atoms with Crippen LogP contribution in [-0.2, 0) is 6.54 Å². The van der Waals surface area contributed by atoms with E-state index < -0.39 is 0 Å². The first-order valence-corrected chi connectivity index (χ1v) is 10.6. The summed E-state index contributed by atoms with van der Waals surface area (Å²) in [5, 5.41) is 1.52. The molecular weight excluding hydrogens is 384 g/mol. The molecule has 1 amide bonds. The van der Waals surface area contributed by atoms with Gasteiger partial charge in [0, 0.05) is 27.7 Å². The van der Waals surface area contributed by atoms with Gasteiger partial charge < -0.3 is 9.88 Å². The van der Waals surface area contributed by atoms with E-state index in [0.29, 0.717) is 22.7 Å². The van der Waals surface area contributed by atoms with Crippen molar-refractivity contribution in [3.05, 3.63) is 80.6 Å². The zero-order valence-electron chi connectivity index (χ0n) is 16.6. The van der Waals surface area contributed by atoms with Crippen LogP contribution in [0.2, 0.25) is 5.02 Å². The number of aromatic amines is 1. The van der Waals surface area contributed by atoms with Gasteiger partial charge in [-0.1, -0.05) is 49.1 Å². The van der Waals surface area contributed by atoms with Crippen LogP contribution in [0, 0.1) is 6.92 Å². The van der Waals surface area contributed by atoms with Crippen LogP contribution < -0.4 is 5.56 Å². The topological polar surface area (TPSA) is 53.2 Å². The van der Waals surface area contributed by atoms with E-state index in [1.807, 2.05) is 36.1 Å². The Kier molecular flexibility index (Phi) is 5.72. The second-order valence-electron chi connectivity index (χ2n) is 7.95. The summed E-state index contributed by atoms with van der Waals surface area (Å²) in [5.74, 6) is -0.0668. The van der Waals surface area contributed by atoms with E-state index in [0.717, 1.165) is 42.1 Å². The predicted octanol–water partition coefficient (Wildman–Crippen LogP) is 5.47. The van der Waals surface area contributed by atoms with Crippen LogP contribution >= 0.6 is 11.6 Å². The largest absolute Gasteiger partial charge is 0.331 e. The van der Waals surface area contributed by atoms with Crippen LogP contribution in [0.1, 0.15) is 53.6 Å². The Bertz CT molecular complexity index is 1100. The van der Waals surface area contributed by atoms with Crippen LogP contribution in [0.3, 0.4) is 0 Å². The molecule has 1 aliphatic carbocycles. The summed E-state index contributed by atoms with van der Waals surface area (Å²) >= 11 is 6.12. The third-order valence-electron chi connectivity index (χ3n) is 5.77. The summed E-state index contributed by atoms with van der Waals surface area (Å²) in [6, 6.07) is 15.1. The summed E-state index contributed by atoms with van der Waals surface area (Å²) in [7, 11) is 0. The highest BCUT2D eigenvalue weighted by Crippen LogP contribution is 2.26. The van der Waals surface area contributed by atoms with Gasteiger partial charge >= 0.3 is 0 Å². The van der Waals surface area contributed by atoms with Crippen LogP contribution in [-0.4, -0.2) is 21.8 Å². The molecule has 150 valence electrons. The van der Waals surface area contributed by atoms with Crippen molar-refractivity contribution in [1.29, 1.82) is 0 Å². The molecule has 0 radical (unpaired) electrons. The first-order valence-electron chi connectivity index (χ1n) is 10.2. The van der Waals surface area contributed by atoms with E-state index in [2.05, 4.69) is 4.98 Å². The summed E-state index contributed by atoms with van der Waals surface area (Å²) in [6.07, 6.45) is 5.36. The van der Waals surface area contributed by atoms with Crippen LogP contribution in [0.25, 0.3) is 10.9 Å². The Balaban J connectivity index is 1.71. The molecule has 0 bridgehead atoms. The van der Waals surface area contributed by atoms with Gasteiger partial charge in [-0.3, -0.25) is 9.59 Å². The van der Waals surface area contributed by atoms with Crippen molar-refractivity contribution in [3.63, 3.8) is 0 Å². The minimum atomic E-state index is -0.136. The molecule has 1 saturated carbocycles. The van der Waals surface area contributed by atoms with Gasteiger partial charge in [0.1, 0.15) is 0 Å². The highest BCUT2D eigenvalue weighted by Gasteiger charge is 2.27. The number of carbonyl (C=O) groups excluding carboxylic acids is 1. The summed E-state index contributed by atoms with van der Waals surface area (Å²) in [5.41, 5.74) is 2.96. The highest BCUT2D eigenvalue weighted by molar-refractivity contribution is 6.30. The number of nitrogens with one attached hydrogen (secondary N) is 1. The van der Waals surface area contributed by atoms with Crippen molar-refractivity contribution in [2.24, 2.45) is 0 Å². The SMILES string of the molecule is Cc1ccc2cc(CN(C(=O)c3cccc(Cl)c3)C3CCCCC3)c(=O)[nH]c2c1.